The summed E-state index contributed by atoms with van der Waals surface area (Å²) in [7, 11) is 0. The van der Waals surface area contributed by atoms with Crippen molar-refractivity contribution in [2.45, 2.75) is 44.8 Å². The molecule has 6 nitrogen and oxygen atoms in total. The third-order valence-electron chi connectivity index (χ3n) is 5.80. The van der Waals surface area contributed by atoms with E-state index < -0.39 is 12.1 Å². The van der Waals surface area contributed by atoms with Gasteiger partial charge >= 0.3 is 0 Å². The minimum Gasteiger partial charge on any atom is -0.344 e. The molecule has 2 heterocycles. The molecule has 2 atom stereocenters. The van der Waals surface area contributed by atoms with Crippen LogP contribution in [-0.4, -0.2) is 28.9 Å². The lowest BCUT2D eigenvalue weighted by molar-refractivity contribution is -0.128. The average molecular weight is 447 g/mol. The van der Waals surface area contributed by atoms with Crippen LogP contribution < -0.4 is 16.0 Å². The standard InChI is InChI=1S/C26H27FN4O2/c1-17-8-10-18(11-9-17)16-31-24-7-4-12-29-22(24)15-23(26(31)33)30-25(32)14-20(28)13-19-5-2-3-6-21(19)27/h2-12,20,23H,13-16,28H2,1H3,(H,30,32)/t20-,23?/m1/s1. The van der Waals surface area contributed by atoms with Gasteiger partial charge in [0.2, 0.25) is 11.8 Å². The first kappa shape index (κ1) is 22.6. The third kappa shape index (κ3) is 5.43. The van der Waals surface area contributed by atoms with Crippen LogP contribution in [0.4, 0.5) is 10.1 Å². The van der Waals surface area contributed by atoms with Crippen molar-refractivity contribution in [3.05, 3.63) is 95.1 Å². The zero-order chi connectivity index (χ0) is 23.4. The molecule has 4 rings (SSSR count). The van der Waals surface area contributed by atoms with Crippen molar-refractivity contribution in [3.8, 4) is 0 Å². The largest absolute Gasteiger partial charge is 0.344 e. The highest BCUT2D eigenvalue weighted by Crippen LogP contribution is 2.28. The molecule has 1 aliphatic rings. The SMILES string of the molecule is Cc1ccc(CN2C(=O)C(NC(=O)C[C@H](N)Cc3ccccc3F)Cc3ncccc32)cc1. The van der Waals surface area contributed by atoms with Crippen molar-refractivity contribution < 1.29 is 14.0 Å². The monoisotopic (exact) mass is 446 g/mol. The predicted molar refractivity (Wildman–Crippen MR) is 125 cm³/mol. The van der Waals surface area contributed by atoms with E-state index in [1.165, 1.54) is 6.07 Å². The third-order valence-corrected chi connectivity index (χ3v) is 5.80. The maximum absolute atomic E-state index is 13.9. The number of fused-ring (bicyclic) bond motifs is 1. The first-order valence-electron chi connectivity index (χ1n) is 11.0. The zero-order valence-corrected chi connectivity index (χ0v) is 18.5. The van der Waals surface area contributed by atoms with Gasteiger partial charge in [0, 0.05) is 25.1 Å². The Hall–Kier alpha value is -3.58. The number of carbonyl (C=O) groups is 2. The molecular weight excluding hydrogens is 419 g/mol. The van der Waals surface area contributed by atoms with E-state index in [1.807, 2.05) is 37.3 Å². The number of rotatable bonds is 7. The van der Waals surface area contributed by atoms with Gasteiger partial charge in [-0.25, -0.2) is 4.39 Å². The van der Waals surface area contributed by atoms with Crippen molar-refractivity contribution in [2.24, 2.45) is 5.73 Å². The number of nitrogens with two attached hydrogens (primary N) is 1. The van der Waals surface area contributed by atoms with Crippen molar-refractivity contribution in [1.82, 2.24) is 10.3 Å². The minimum absolute atomic E-state index is 0.00878. The van der Waals surface area contributed by atoms with Gasteiger partial charge in [-0.2, -0.15) is 0 Å². The fraction of sp³-hybridized carbons (Fsp3) is 0.269. The molecule has 3 N–H and O–H groups in total. The quantitative estimate of drug-likeness (QED) is 0.584. The average Bonchev–Trinajstić information content (AvgIpc) is 2.79. The highest BCUT2D eigenvalue weighted by Gasteiger charge is 2.34. The molecule has 0 saturated carbocycles. The van der Waals surface area contributed by atoms with Crippen LogP contribution in [0.3, 0.4) is 0 Å². The summed E-state index contributed by atoms with van der Waals surface area (Å²) < 4.78 is 13.9. The number of hydrogen-bond acceptors (Lipinski definition) is 4. The van der Waals surface area contributed by atoms with E-state index in [1.54, 1.807) is 35.4 Å². The molecule has 0 aliphatic carbocycles. The Balaban J connectivity index is 1.45. The maximum atomic E-state index is 13.9. The Morgan fingerprint density at radius 3 is 2.70 bits per heavy atom. The molecule has 170 valence electrons. The normalized spacial score (nSPS) is 16.3. The van der Waals surface area contributed by atoms with Gasteiger partial charge in [0.1, 0.15) is 11.9 Å². The summed E-state index contributed by atoms with van der Waals surface area (Å²) in [4.78, 5) is 32.1. The Kier molecular flexibility index (Phi) is 6.79. The molecule has 1 aromatic heterocycles. The molecule has 1 unspecified atom stereocenters. The Morgan fingerprint density at radius 2 is 1.94 bits per heavy atom. The number of aromatic nitrogens is 1. The lowest BCUT2D eigenvalue weighted by atomic mass is 9.99. The van der Waals surface area contributed by atoms with Gasteiger partial charge in [0.05, 0.1) is 17.9 Å². The molecule has 0 fully saturated rings. The Bertz CT molecular complexity index is 1150. The van der Waals surface area contributed by atoms with Crippen molar-refractivity contribution in [3.63, 3.8) is 0 Å². The molecule has 0 spiro atoms. The number of anilines is 1. The summed E-state index contributed by atoms with van der Waals surface area (Å²) in [6.07, 6.45) is 2.23. The summed E-state index contributed by atoms with van der Waals surface area (Å²) in [6.45, 7) is 2.40. The maximum Gasteiger partial charge on any atom is 0.250 e. The number of amides is 2. The topological polar surface area (TPSA) is 88.3 Å². The number of halogens is 1. The molecule has 0 saturated heterocycles. The van der Waals surface area contributed by atoms with Crippen molar-refractivity contribution in [1.29, 1.82) is 0 Å². The van der Waals surface area contributed by atoms with Crippen LogP contribution in [0.25, 0.3) is 0 Å². The number of benzene rings is 2. The number of nitrogens with one attached hydrogen (secondary N) is 1. The number of aryl methyl sites for hydroxylation is 1. The van der Waals surface area contributed by atoms with E-state index in [0.717, 1.165) is 22.5 Å². The lowest BCUT2D eigenvalue weighted by Crippen LogP contribution is -2.53. The van der Waals surface area contributed by atoms with E-state index in [9.17, 15) is 14.0 Å². The number of pyridine rings is 1. The zero-order valence-electron chi connectivity index (χ0n) is 18.5. The second kappa shape index (κ2) is 9.92. The summed E-state index contributed by atoms with van der Waals surface area (Å²) in [5.74, 6) is -0.871. The molecule has 2 aromatic carbocycles. The van der Waals surface area contributed by atoms with E-state index in [-0.39, 0.29) is 30.5 Å². The van der Waals surface area contributed by atoms with Crippen LogP contribution in [0.15, 0.2) is 66.9 Å². The van der Waals surface area contributed by atoms with Gasteiger partial charge < -0.3 is 16.0 Å². The van der Waals surface area contributed by atoms with Gasteiger partial charge in [-0.15, -0.1) is 0 Å². The fourth-order valence-corrected chi connectivity index (χ4v) is 4.08. The minimum atomic E-state index is -0.731. The second-order valence-electron chi connectivity index (χ2n) is 8.46. The van der Waals surface area contributed by atoms with Gasteiger partial charge in [-0.1, -0.05) is 48.0 Å². The van der Waals surface area contributed by atoms with Crippen LogP contribution in [-0.2, 0) is 29.0 Å². The lowest BCUT2D eigenvalue weighted by Gasteiger charge is -2.34. The van der Waals surface area contributed by atoms with Gasteiger partial charge in [0.15, 0.2) is 0 Å². The van der Waals surface area contributed by atoms with Gasteiger partial charge in [0.25, 0.3) is 0 Å². The van der Waals surface area contributed by atoms with Gasteiger partial charge in [-0.05, 0) is 42.7 Å². The molecular formula is C26H27FN4O2. The molecule has 2 amide bonds. The summed E-state index contributed by atoms with van der Waals surface area (Å²) in [5.41, 5.74) is 10.2. The smallest absolute Gasteiger partial charge is 0.250 e. The summed E-state index contributed by atoms with van der Waals surface area (Å²) >= 11 is 0. The highest BCUT2D eigenvalue weighted by molar-refractivity contribution is 6.01. The van der Waals surface area contributed by atoms with Gasteiger partial charge in [-0.3, -0.25) is 14.6 Å². The highest BCUT2D eigenvalue weighted by atomic mass is 19.1. The van der Waals surface area contributed by atoms with E-state index in [0.29, 0.717) is 18.5 Å². The van der Waals surface area contributed by atoms with Crippen LogP contribution in [0, 0.1) is 12.7 Å². The van der Waals surface area contributed by atoms with E-state index in [2.05, 4.69) is 10.3 Å². The Morgan fingerprint density at radius 1 is 1.18 bits per heavy atom. The molecule has 3 aromatic rings. The van der Waals surface area contributed by atoms with E-state index in [4.69, 9.17) is 5.73 Å². The molecule has 1 aliphatic heterocycles. The number of carbonyl (C=O) groups excluding carboxylic acids is 2. The van der Waals surface area contributed by atoms with Crippen LogP contribution in [0.2, 0.25) is 0 Å². The van der Waals surface area contributed by atoms with Crippen molar-refractivity contribution in [2.75, 3.05) is 4.90 Å². The summed E-state index contributed by atoms with van der Waals surface area (Å²) in [5, 5.41) is 2.82. The van der Waals surface area contributed by atoms with E-state index >= 15 is 0 Å². The number of nitrogens with zero attached hydrogens (tertiary/aromatic N) is 2. The van der Waals surface area contributed by atoms with Crippen LogP contribution in [0.5, 0.6) is 0 Å². The molecule has 0 bridgehead atoms. The predicted octanol–water partition coefficient (Wildman–Crippen LogP) is 3.06. The van der Waals surface area contributed by atoms with Crippen LogP contribution in [0.1, 0.15) is 28.8 Å². The van der Waals surface area contributed by atoms with Crippen LogP contribution >= 0.6 is 0 Å². The molecule has 7 heteroatoms. The fourth-order valence-electron chi connectivity index (χ4n) is 4.08. The Labute approximate surface area is 192 Å². The molecule has 0 radical (unpaired) electrons. The number of hydrogen-bond donors (Lipinski definition) is 2. The van der Waals surface area contributed by atoms with Crippen molar-refractivity contribution >= 4 is 17.5 Å². The second-order valence-corrected chi connectivity index (χ2v) is 8.46. The first-order chi connectivity index (χ1) is 15.9. The first-order valence-corrected chi connectivity index (χ1v) is 11.0. The summed E-state index contributed by atoms with van der Waals surface area (Å²) in [6, 6.07) is 16.7. The molecule has 33 heavy (non-hydrogen) atoms.